The molecule has 4 aromatic rings. The second-order valence-corrected chi connectivity index (χ2v) is 9.32. The molecule has 0 radical (unpaired) electrons. The summed E-state index contributed by atoms with van der Waals surface area (Å²) in [5, 5.41) is 12.0. The number of piperidine rings is 1. The Morgan fingerprint density at radius 3 is 2.22 bits per heavy atom. The van der Waals surface area contributed by atoms with Gasteiger partial charge >= 0.3 is 0 Å². The molecule has 0 amide bonds. The van der Waals surface area contributed by atoms with Crippen molar-refractivity contribution in [2.24, 2.45) is 13.0 Å². The van der Waals surface area contributed by atoms with Crippen LogP contribution < -0.4 is 9.64 Å². The van der Waals surface area contributed by atoms with Crippen molar-refractivity contribution in [2.45, 2.75) is 32.6 Å². The molecule has 1 aliphatic rings. The number of tetrazole rings is 1. The van der Waals surface area contributed by atoms with Crippen molar-refractivity contribution in [3.63, 3.8) is 0 Å². The van der Waals surface area contributed by atoms with E-state index in [1.807, 2.05) is 36.7 Å². The fraction of sp³-hybridized carbons (Fsp3) is 0.370. The van der Waals surface area contributed by atoms with Crippen molar-refractivity contribution in [3.8, 4) is 16.9 Å². The molecule has 1 fully saturated rings. The van der Waals surface area contributed by atoms with E-state index in [0.29, 0.717) is 23.4 Å². The van der Waals surface area contributed by atoms with Crippen LogP contribution in [-0.2, 0) is 19.9 Å². The summed E-state index contributed by atoms with van der Waals surface area (Å²) in [7, 11) is 1.71. The quantitative estimate of drug-likeness (QED) is 0.351. The first kappa shape index (κ1) is 24.7. The van der Waals surface area contributed by atoms with Crippen molar-refractivity contribution in [3.05, 3.63) is 77.4 Å². The van der Waals surface area contributed by atoms with E-state index in [4.69, 9.17) is 4.74 Å². The molecule has 1 aliphatic heterocycles. The van der Waals surface area contributed by atoms with E-state index in [2.05, 4.69) is 37.2 Å². The van der Waals surface area contributed by atoms with Gasteiger partial charge in [-0.2, -0.15) is 4.80 Å². The third-order valence-electron chi connectivity index (χ3n) is 6.66. The van der Waals surface area contributed by atoms with E-state index in [1.165, 1.54) is 16.9 Å². The van der Waals surface area contributed by atoms with Gasteiger partial charge in [-0.15, -0.1) is 10.2 Å². The Labute approximate surface area is 214 Å². The Kier molecular flexibility index (Phi) is 7.34. The maximum absolute atomic E-state index is 14.8. The van der Waals surface area contributed by atoms with Crippen LogP contribution in [0, 0.1) is 17.6 Å². The molecule has 0 unspecified atom stereocenters. The number of benzene rings is 2. The Morgan fingerprint density at radius 1 is 0.946 bits per heavy atom. The average Bonchev–Trinajstić information content (AvgIpc) is 3.33. The molecule has 37 heavy (non-hydrogen) atoms. The second kappa shape index (κ2) is 11.0. The van der Waals surface area contributed by atoms with Gasteiger partial charge in [-0.05, 0) is 64.8 Å². The molecule has 192 valence electrons. The first-order chi connectivity index (χ1) is 18.0. The summed E-state index contributed by atoms with van der Waals surface area (Å²) in [6, 6.07) is 10.1. The molecule has 0 spiro atoms. The zero-order valence-corrected chi connectivity index (χ0v) is 20.9. The summed E-state index contributed by atoms with van der Waals surface area (Å²) in [4.78, 5) is 12.4. The van der Waals surface area contributed by atoms with Crippen LogP contribution in [0.25, 0.3) is 11.1 Å². The summed E-state index contributed by atoms with van der Waals surface area (Å²) in [6.07, 6.45) is 6.84. The van der Waals surface area contributed by atoms with Gasteiger partial charge in [0.2, 0.25) is 5.95 Å². The van der Waals surface area contributed by atoms with Crippen LogP contribution >= 0.6 is 0 Å². The first-order valence-corrected chi connectivity index (χ1v) is 12.5. The van der Waals surface area contributed by atoms with Gasteiger partial charge in [-0.25, -0.2) is 18.7 Å². The van der Waals surface area contributed by atoms with Gasteiger partial charge in [0, 0.05) is 31.9 Å². The lowest BCUT2D eigenvalue weighted by atomic mass is 9.98. The Balaban J connectivity index is 1.17. The predicted molar refractivity (Wildman–Crippen MR) is 135 cm³/mol. The van der Waals surface area contributed by atoms with Crippen molar-refractivity contribution in [1.29, 1.82) is 0 Å². The highest BCUT2D eigenvalue weighted by Gasteiger charge is 2.23. The van der Waals surface area contributed by atoms with Crippen molar-refractivity contribution < 1.29 is 13.5 Å². The summed E-state index contributed by atoms with van der Waals surface area (Å²) in [6.45, 7) is 3.90. The number of anilines is 1. The maximum Gasteiger partial charge on any atom is 0.225 e. The van der Waals surface area contributed by atoms with Crippen molar-refractivity contribution in [2.75, 3.05) is 24.6 Å². The average molecular weight is 506 g/mol. The maximum atomic E-state index is 14.8. The van der Waals surface area contributed by atoms with Crippen LogP contribution in [0.2, 0.25) is 0 Å². The van der Waals surface area contributed by atoms with Gasteiger partial charge in [0.25, 0.3) is 0 Å². The molecular formula is C27H29F2N7O. The largest absolute Gasteiger partial charge is 0.487 e. The summed E-state index contributed by atoms with van der Waals surface area (Å²) in [5.41, 5.74) is 3.25. The van der Waals surface area contributed by atoms with E-state index in [-0.39, 0.29) is 18.3 Å². The molecule has 8 nitrogen and oxygen atoms in total. The Bertz CT molecular complexity index is 1310. The highest BCUT2D eigenvalue weighted by Crippen LogP contribution is 2.30. The van der Waals surface area contributed by atoms with Gasteiger partial charge < -0.3 is 9.64 Å². The van der Waals surface area contributed by atoms with Gasteiger partial charge in [-0.1, -0.05) is 31.2 Å². The molecule has 0 saturated carbocycles. The lowest BCUT2D eigenvalue weighted by Gasteiger charge is -2.31. The molecule has 0 bridgehead atoms. The Morgan fingerprint density at radius 2 is 1.62 bits per heavy atom. The summed E-state index contributed by atoms with van der Waals surface area (Å²) < 4.78 is 35.3. The third kappa shape index (κ3) is 5.90. The lowest BCUT2D eigenvalue weighted by molar-refractivity contribution is 0.207. The van der Waals surface area contributed by atoms with Crippen LogP contribution in [0.4, 0.5) is 14.7 Å². The van der Waals surface area contributed by atoms with Gasteiger partial charge in [0.1, 0.15) is 0 Å². The molecule has 10 heteroatoms. The second-order valence-electron chi connectivity index (χ2n) is 9.32. The Hall–Kier alpha value is -3.95. The predicted octanol–water partition coefficient (Wildman–Crippen LogP) is 4.39. The smallest absolute Gasteiger partial charge is 0.225 e. The lowest BCUT2D eigenvalue weighted by Crippen LogP contribution is -2.36. The van der Waals surface area contributed by atoms with Gasteiger partial charge in [0.15, 0.2) is 23.2 Å². The van der Waals surface area contributed by atoms with E-state index in [9.17, 15) is 8.78 Å². The monoisotopic (exact) mass is 505 g/mol. The van der Waals surface area contributed by atoms with Crippen LogP contribution in [0.15, 0.2) is 48.8 Å². The van der Waals surface area contributed by atoms with E-state index in [0.717, 1.165) is 49.4 Å². The van der Waals surface area contributed by atoms with Gasteiger partial charge in [-0.3, -0.25) is 0 Å². The normalized spacial score (nSPS) is 14.2. The minimum Gasteiger partial charge on any atom is -0.487 e. The fourth-order valence-electron chi connectivity index (χ4n) is 4.45. The van der Waals surface area contributed by atoms with Crippen LogP contribution in [0.5, 0.6) is 5.75 Å². The number of hydrogen-bond acceptors (Lipinski definition) is 7. The zero-order valence-electron chi connectivity index (χ0n) is 20.9. The molecule has 0 aliphatic carbocycles. The number of rotatable bonds is 8. The molecule has 5 rings (SSSR count). The van der Waals surface area contributed by atoms with Gasteiger partial charge in [0.05, 0.1) is 13.7 Å². The number of hydrogen-bond donors (Lipinski definition) is 0. The van der Waals surface area contributed by atoms with E-state index < -0.39 is 11.6 Å². The minimum atomic E-state index is -0.704. The summed E-state index contributed by atoms with van der Waals surface area (Å²) >= 11 is 0. The number of aromatic nitrogens is 6. The number of ether oxygens (including phenoxy) is 1. The highest BCUT2D eigenvalue weighted by atomic mass is 19.1. The third-order valence-corrected chi connectivity index (χ3v) is 6.66. The molecule has 3 heterocycles. The molecule has 2 aromatic carbocycles. The van der Waals surface area contributed by atoms with Crippen LogP contribution in [0.3, 0.4) is 0 Å². The molecular weight excluding hydrogens is 476 g/mol. The van der Waals surface area contributed by atoms with Crippen LogP contribution in [-0.4, -0.2) is 49.9 Å². The van der Waals surface area contributed by atoms with Crippen molar-refractivity contribution >= 4 is 5.95 Å². The molecule has 0 atom stereocenters. The molecule has 2 aromatic heterocycles. The minimum absolute atomic E-state index is 0.209. The fourth-order valence-corrected chi connectivity index (χ4v) is 4.45. The van der Waals surface area contributed by atoms with Crippen molar-refractivity contribution in [1.82, 2.24) is 30.2 Å². The van der Waals surface area contributed by atoms with Crippen LogP contribution in [0.1, 0.15) is 36.7 Å². The molecule has 0 N–H and O–H groups in total. The standard InChI is InChI=1S/C27H29F2N7O/c1-3-18-15-30-27(31-16-18)36-10-8-20(9-11-36)17-37-26-23(28)13-22(14-24(26)29)21-6-4-19(5-7-21)12-25-32-34-35(2)33-25/h4-7,13-16,20H,3,8-12,17H2,1-2H3. The number of aryl methyl sites for hydroxylation is 2. The highest BCUT2D eigenvalue weighted by molar-refractivity contribution is 5.65. The SMILES string of the molecule is CCc1cnc(N2CCC(COc3c(F)cc(-c4ccc(Cc5nnn(C)n5)cc4)cc3F)CC2)nc1. The van der Waals surface area contributed by atoms with E-state index >= 15 is 0 Å². The van der Waals surface area contributed by atoms with E-state index in [1.54, 1.807) is 7.05 Å². The molecule has 1 saturated heterocycles. The summed E-state index contributed by atoms with van der Waals surface area (Å²) in [5.74, 6) is -0.188. The topological polar surface area (TPSA) is 81.9 Å². The first-order valence-electron chi connectivity index (χ1n) is 12.5. The number of nitrogens with zero attached hydrogens (tertiary/aromatic N) is 7. The number of halogens is 2. The zero-order chi connectivity index (χ0) is 25.8.